The number of phenolic OH excluding ortho intramolecular Hbond substituents is 1. The number of amidine groups is 1. The summed E-state index contributed by atoms with van der Waals surface area (Å²) in [5.41, 5.74) is 4.20. The summed E-state index contributed by atoms with van der Waals surface area (Å²) >= 11 is 9.24. The smallest absolute Gasteiger partial charge is 0.146 e. The molecular formula is C17H11BrClN3O. The summed E-state index contributed by atoms with van der Waals surface area (Å²) in [6, 6.07) is 3.33. The van der Waals surface area contributed by atoms with Crippen LogP contribution >= 0.6 is 27.5 Å². The van der Waals surface area contributed by atoms with Gasteiger partial charge in [0.25, 0.3) is 0 Å². The lowest BCUT2D eigenvalue weighted by Gasteiger charge is -2.13. The van der Waals surface area contributed by atoms with E-state index in [0.717, 1.165) is 10.2 Å². The summed E-state index contributed by atoms with van der Waals surface area (Å²) < 4.78 is 0.758. The number of hydrogen-bond donors (Lipinski definition) is 2. The molecule has 0 amide bonds. The van der Waals surface area contributed by atoms with E-state index in [4.69, 9.17) is 11.6 Å². The van der Waals surface area contributed by atoms with Crippen molar-refractivity contribution in [2.24, 2.45) is 16.0 Å². The van der Waals surface area contributed by atoms with E-state index in [-0.39, 0.29) is 16.7 Å². The van der Waals surface area contributed by atoms with Crippen LogP contribution in [0.15, 0.2) is 62.8 Å². The van der Waals surface area contributed by atoms with Crippen molar-refractivity contribution in [2.75, 3.05) is 0 Å². The molecule has 1 aliphatic heterocycles. The Balaban J connectivity index is 1.75. The third-order valence-corrected chi connectivity index (χ3v) is 3.89. The second-order valence-electron chi connectivity index (χ2n) is 4.77. The van der Waals surface area contributed by atoms with Gasteiger partial charge in [0.05, 0.1) is 22.9 Å². The predicted octanol–water partition coefficient (Wildman–Crippen LogP) is 3.77. The van der Waals surface area contributed by atoms with E-state index in [1.165, 1.54) is 6.21 Å². The van der Waals surface area contributed by atoms with E-state index in [0.29, 0.717) is 11.4 Å². The highest BCUT2D eigenvalue weighted by Crippen LogP contribution is 2.30. The van der Waals surface area contributed by atoms with E-state index in [1.807, 2.05) is 24.3 Å². The topological polar surface area (TPSA) is 57.0 Å². The Kier molecular flexibility index (Phi) is 4.65. The zero-order valence-corrected chi connectivity index (χ0v) is 14.1. The van der Waals surface area contributed by atoms with Crippen LogP contribution in [-0.2, 0) is 0 Å². The van der Waals surface area contributed by atoms with Gasteiger partial charge in [0, 0.05) is 10.0 Å². The fourth-order valence-corrected chi connectivity index (χ4v) is 2.88. The van der Waals surface area contributed by atoms with Crippen LogP contribution in [0.2, 0.25) is 5.02 Å². The molecule has 0 bridgehead atoms. The first-order valence-electron chi connectivity index (χ1n) is 6.75. The SMILES string of the molecule is Oc1c(Cl)cc(Br)cc1/C=N/NC1=NC2=CC=CC#CC2C=C1. The van der Waals surface area contributed by atoms with Gasteiger partial charge in [0.1, 0.15) is 11.6 Å². The first-order chi connectivity index (χ1) is 11.1. The molecule has 1 aliphatic carbocycles. The van der Waals surface area contributed by atoms with Crippen LogP contribution in [0.25, 0.3) is 0 Å². The first-order valence-corrected chi connectivity index (χ1v) is 7.92. The van der Waals surface area contributed by atoms with Crippen molar-refractivity contribution < 1.29 is 5.11 Å². The molecule has 1 unspecified atom stereocenters. The number of aliphatic imine (C=N–C) groups is 1. The summed E-state index contributed by atoms with van der Waals surface area (Å²) in [4.78, 5) is 4.47. The summed E-state index contributed by atoms with van der Waals surface area (Å²) in [6.07, 6.45) is 10.8. The van der Waals surface area contributed by atoms with Gasteiger partial charge in [-0.3, -0.25) is 5.43 Å². The van der Waals surface area contributed by atoms with Crippen LogP contribution in [0.1, 0.15) is 5.56 Å². The molecule has 0 spiro atoms. The van der Waals surface area contributed by atoms with E-state index >= 15 is 0 Å². The van der Waals surface area contributed by atoms with Crippen LogP contribution in [0.3, 0.4) is 0 Å². The Morgan fingerprint density at radius 1 is 1.43 bits per heavy atom. The highest BCUT2D eigenvalue weighted by Gasteiger charge is 2.13. The monoisotopic (exact) mass is 387 g/mol. The van der Waals surface area contributed by atoms with Crippen molar-refractivity contribution in [3.05, 3.63) is 63.3 Å². The third-order valence-electron chi connectivity index (χ3n) is 3.14. The fraction of sp³-hybridized carbons (Fsp3) is 0.0588. The zero-order valence-electron chi connectivity index (χ0n) is 11.8. The lowest BCUT2D eigenvalue weighted by molar-refractivity contribution is 0.474. The molecule has 2 N–H and O–H groups in total. The van der Waals surface area contributed by atoms with Gasteiger partial charge in [0.15, 0.2) is 0 Å². The molecule has 1 atom stereocenters. The number of phenols is 1. The van der Waals surface area contributed by atoms with Crippen LogP contribution in [0, 0.1) is 17.8 Å². The Labute approximate surface area is 147 Å². The molecule has 114 valence electrons. The van der Waals surface area contributed by atoms with Gasteiger partial charge in [-0.2, -0.15) is 5.10 Å². The van der Waals surface area contributed by atoms with Gasteiger partial charge < -0.3 is 5.11 Å². The number of hydrazone groups is 1. The van der Waals surface area contributed by atoms with E-state index < -0.39 is 0 Å². The van der Waals surface area contributed by atoms with Crippen molar-refractivity contribution in [2.45, 2.75) is 0 Å². The van der Waals surface area contributed by atoms with E-state index in [9.17, 15) is 5.11 Å². The van der Waals surface area contributed by atoms with E-state index in [1.54, 1.807) is 18.2 Å². The normalized spacial score (nSPS) is 18.6. The Hall–Kier alpha value is -2.29. The number of fused-ring (bicyclic) bond motifs is 1. The van der Waals surface area contributed by atoms with Gasteiger partial charge in [-0.25, -0.2) is 4.99 Å². The predicted molar refractivity (Wildman–Crippen MR) is 96.6 cm³/mol. The molecule has 0 fully saturated rings. The van der Waals surface area contributed by atoms with Gasteiger partial charge in [0.2, 0.25) is 0 Å². The fourth-order valence-electron chi connectivity index (χ4n) is 2.04. The van der Waals surface area contributed by atoms with Crippen molar-refractivity contribution in [3.8, 4) is 17.6 Å². The van der Waals surface area contributed by atoms with Crippen molar-refractivity contribution >= 4 is 39.6 Å². The molecule has 23 heavy (non-hydrogen) atoms. The number of aromatic hydroxyl groups is 1. The summed E-state index contributed by atoms with van der Waals surface area (Å²) in [5, 5.41) is 14.2. The van der Waals surface area contributed by atoms with Crippen LogP contribution in [0.5, 0.6) is 5.75 Å². The van der Waals surface area contributed by atoms with Crippen molar-refractivity contribution in [1.82, 2.24) is 5.43 Å². The molecule has 6 heteroatoms. The molecule has 3 rings (SSSR count). The maximum absolute atomic E-state index is 9.90. The lowest BCUT2D eigenvalue weighted by atomic mass is 10.0. The highest BCUT2D eigenvalue weighted by molar-refractivity contribution is 9.10. The number of dihydropyridines is 1. The maximum Gasteiger partial charge on any atom is 0.146 e. The molecule has 0 aromatic heterocycles. The number of allylic oxidation sites excluding steroid dienone is 4. The number of hydrogen-bond acceptors (Lipinski definition) is 4. The molecule has 0 radical (unpaired) electrons. The molecule has 4 nitrogen and oxygen atoms in total. The van der Waals surface area contributed by atoms with Gasteiger partial charge in [-0.15, -0.1) is 0 Å². The summed E-state index contributed by atoms with van der Waals surface area (Å²) in [5.74, 6) is 6.62. The third kappa shape index (κ3) is 3.73. The summed E-state index contributed by atoms with van der Waals surface area (Å²) in [6.45, 7) is 0. The highest BCUT2D eigenvalue weighted by atomic mass is 79.9. The van der Waals surface area contributed by atoms with Crippen molar-refractivity contribution in [1.29, 1.82) is 0 Å². The number of benzene rings is 1. The lowest BCUT2D eigenvalue weighted by Crippen LogP contribution is -2.19. The second kappa shape index (κ2) is 6.86. The second-order valence-corrected chi connectivity index (χ2v) is 6.09. The molecule has 0 saturated carbocycles. The minimum Gasteiger partial charge on any atom is -0.506 e. The Morgan fingerprint density at radius 2 is 2.30 bits per heavy atom. The van der Waals surface area contributed by atoms with Crippen molar-refractivity contribution in [3.63, 3.8) is 0 Å². The first kappa shape index (κ1) is 15.6. The maximum atomic E-state index is 9.90. The average molecular weight is 389 g/mol. The quantitative estimate of drug-likeness (QED) is 0.460. The molecule has 2 aliphatic rings. The van der Waals surface area contributed by atoms with Gasteiger partial charge in [-0.1, -0.05) is 51.5 Å². The number of halogens is 2. The van der Waals surface area contributed by atoms with E-state index in [2.05, 4.69) is 43.3 Å². The van der Waals surface area contributed by atoms with Gasteiger partial charge >= 0.3 is 0 Å². The summed E-state index contributed by atoms with van der Waals surface area (Å²) in [7, 11) is 0. The molecular weight excluding hydrogens is 378 g/mol. The molecule has 1 aromatic carbocycles. The van der Waals surface area contributed by atoms with Crippen LogP contribution in [-0.4, -0.2) is 17.2 Å². The molecule has 0 saturated heterocycles. The van der Waals surface area contributed by atoms with Gasteiger partial charge in [-0.05, 0) is 30.4 Å². The largest absolute Gasteiger partial charge is 0.506 e. The Bertz CT molecular complexity index is 857. The van der Waals surface area contributed by atoms with Crippen LogP contribution in [0.4, 0.5) is 0 Å². The number of rotatable bonds is 2. The number of nitrogens with zero attached hydrogens (tertiary/aromatic N) is 2. The van der Waals surface area contributed by atoms with Crippen LogP contribution < -0.4 is 5.43 Å². The standard InChI is InChI=1S/C17H11BrClN3O/c18-13-8-12(17(23)14(19)9-13)10-20-22-16-7-6-11-4-2-1-3-5-15(11)21-16/h1,3,5-11,23H,(H,21,22)/b20-10+. The molecule has 1 aromatic rings. The zero-order chi connectivity index (χ0) is 16.2. The Morgan fingerprint density at radius 3 is 3.17 bits per heavy atom. The molecule has 1 heterocycles. The minimum atomic E-state index is -0.0199. The number of nitrogens with one attached hydrogen (secondary N) is 1. The minimum absolute atomic E-state index is 0.00691. The average Bonchev–Trinajstić information content (AvgIpc) is 2.76.